The van der Waals surface area contributed by atoms with Gasteiger partial charge in [-0.3, -0.25) is 4.79 Å². The summed E-state index contributed by atoms with van der Waals surface area (Å²) in [6, 6.07) is 7.87. The lowest BCUT2D eigenvalue weighted by molar-refractivity contribution is -0.121. The molecular formula is C14H21N3O. The average Bonchev–Trinajstić information content (AvgIpc) is 2.78. The van der Waals surface area contributed by atoms with Gasteiger partial charge in [0.05, 0.1) is 5.54 Å². The molecule has 1 amide bonds. The van der Waals surface area contributed by atoms with Crippen molar-refractivity contribution in [1.82, 2.24) is 5.32 Å². The van der Waals surface area contributed by atoms with E-state index >= 15 is 0 Å². The first-order chi connectivity index (χ1) is 8.51. The molecule has 4 heteroatoms. The molecule has 98 valence electrons. The summed E-state index contributed by atoms with van der Waals surface area (Å²) in [5, 5.41) is 6.23. The Hall–Kier alpha value is -1.55. The van der Waals surface area contributed by atoms with E-state index in [4.69, 9.17) is 0 Å². The topological polar surface area (TPSA) is 44.4 Å². The van der Waals surface area contributed by atoms with Crippen molar-refractivity contribution in [3.63, 3.8) is 0 Å². The van der Waals surface area contributed by atoms with Crippen molar-refractivity contribution < 1.29 is 4.79 Å². The third-order valence-electron chi connectivity index (χ3n) is 3.51. The van der Waals surface area contributed by atoms with Crippen molar-refractivity contribution in [2.75, 3.05) is 30.9 Å². The van der Waals surface area contributed by atoms with E-state index in [2.05, 4.69) is 10.6 Å². The molecule has 4 nitrogen and oxygen atoms in total. The van der Waals surface area contributed by atoms with Gasteiger partial charge < -0.3 is 15.5 Å². The van der Waals surface area contributed by atoms with Crippen LogP contribution < -0.4 is 15.5 Å². The number of hydrogen-bond donors (Lipinski definition) is 2. The van der Waals surface area contributed by atoms with Gasteiger partial charge in [0.2, 0.25) is 5.91 Å². The Kier molecular flexibility index (Phi) is 3.57. The molecule has 0 bridgehead atoms. The van der Waals surface area contributed by atoms with Gasteiger partial charge in [0, 0.05) is 25.5 Å². The molecule has 0 aliphatic carbocycles. The molecule has 2 N–H and O–H groups in total. The molecule has 0 radical (unpaired) electrons. The third kappa shape index (κ3) is 2.64. The van der Waals surface area contributed by atoms with Gasteiger partial charge in [-0.2, -0.15) is 0 Å². The van der Waals surface area contributed by atoms with Crippen molar-refractivity contribution in [1.29, 1.82) is 0 Å². The molecule has 1 heterocycles. The van der Waals surface area contributed by atoms with Crippen molar-refractivity contribution in [3.8, 4) is 0 Å². The zero-order valence-electron chi connectivity index (χ0n) is 11.3. The maximum absolute atomic E-state index is 12.2. The van der Waals surface area contributed by atoms with Gasteiger partial charge >= 0.3 is 0 Å². The highest BCUT2D eigenvalue weighted by molar-refractivity contribution is 5.98. The summed E-state index contributed by atoms with van der Waals surface area (Å²) in [6.07, 6.45) is 1.96. The van der Waals surface area contributed by atoms with E-state index in [9.17, 15) is 4.79 Å². The van der Waals surface area contributed by atoms with E-state index in [1.165, 1.54) is 0 Å². The Labute approximate surface area is 108 Å². The minimum Gasteiger partial charge on any atom is -0.378 e. The number of carbonyl (C=O) groups excluding carboxylic acids is 1. The summed E-state index contributed by atoms with van der Waals surface area (Å²) >= 11 is 0. The van der Waals surface area contributed by atoms with Gasteiger partial charge in [0.25, 0.3) is 0 Å². The van der Waals surface area contributed by atoms with Crippen LogP contribution in [-0.4, -0.2) is 32.1 Å². The second kappa shape index (κ2) is 4.98. The Morgan fingerprint density at radius 3 is 2.50 bits per heavy atom. The minimum atomic E-state index is -0.416. The second-order valence-electron chi connectivity index (χ2n) is 5.26. The maximum Gasteiger partial charge on any atom is 0.244 e. The fourth-order valence-electron chi connectivity index (χ4n) is 2.20. The van der Waals surface area contributed by atoms with Crippen molar-refractivity contribution in [3.05, 3.63) is 24.3 Å². The number of carbonyl (C=O) groups is 1. The molecule has 1 atom stereocenters. The number of nitrogens with one attached hydrogen (secondary N) is 2. The first-order valence-corrected chi connectivity index (χ1v) is 6.35. The predicted octanol–water partition coefficient (Wildman–Crippen LogP) is 1.83. The minimum absolute atomic E-state index is 0.0533. The Balaban J connectivity index is 2.03. The van der Waals surface area contributed by atoms with E-state index in [1.807, 2.05) is 50.2 Å². The molecular weight excluding hydrogens is 226 g/mol. The number of hydrogen-bond acceptors (Lipinski definition) is 3. The highest BCUT2D eigenvalue weighted by Gasteiger charge is 2.35. The molecule has 1 aliphatic rings. The zero-order valence-corrected chi connectivity index (χ0v) is 11.3. The molecule has 0 saturated carbocycles. The van der Waals surface area contributed by atoms with Crippen LogP contribution in [0.5, 0.6) is 0 Å². The molecule has 0 spiro atoms. The summed E-state index contributed by atoms with van der Waals surface area (Å²) in [4.78, 5) is 14.2. The van der Waals surface area contributed by atoms with Gasteiger partial charge in [-0.1, -0.05) is 0 Å². The van der Waals surface area contributed by atoms with Crippen LogP contribution >= 0.6 is 0 Å². The van der Waals surface area contributed by atoms with Gasteiger partial charge in [-0.05, 0) is 50.6 Å². The third-order valence-corrected chi connectivity index (χ3v) is 3.51. The van der Waals surface area contributed by atoms with Gasteiger partial charge in [0.1, 0.15) is 0 Å². The van der Waals surface area contributed by atoms with Crippen LogP contribution in [0.1, 0.15) is 19.8 Å². The van der Waals surface area contributed by atoms with Gasteiger partial charge in [-0.25, -0.2) is 0 Å². The first kappa shape index (κ1) is 12.9. The first-order valence-electron chi connectivity index (χ1n) is 6.35. The molecule has 2 rings (SSSR count). The summed E-state index contributed by atoms with van der Waals surface area (Å²) in [5.41, 5.74) is 1.55. The molecule has 1 aromatic carbocycles. The van der Waals surface area contributed by atoms with Crippen LogP contribution in [0, 0.1) is 0 Å². The molecule has 18 heavy (non-hydrogen) atoms. The molecule has 1 aliphatic heterocycles. The van der Waals surface area contributed by atoms with Crippen LogP contribution in [0.4, 0.5) is 11.4 Å². The normalized spacial score (nSPS) is 22.8. The average molecular weight is 247 g/mol. The lowest BCUT2D eigenvalue weighted by Crippen LogP contribution is -2.47. The fraction of sp³-hybridized carbons (Fsp3) is 0.500. The summed E-state index contributed by atoms with van der Waals surface area (Å²) in [7, 11) is 3.99. The van der Waals surface area contributed by atoms with E-state index in [-0.39, 0.29) is 5.91 Å². The molecule has 1 unspecified atom stereocenters. The second-order valence-corrected chi connectivity index (χ2v) is 5.26. The number of rotatable bonds is 3. The monoisotopic (exact) mass is 247 g/mol. The number of benzene rings is 1. The van der Waals surface area contributed by atoms with E-state index in [0.717, 1.165) is 30.8 Å². The maximum atomic E-state index is 12.2. The Bertz CT molecular complexity index is 419. The highest BCUT2D eigenvalue weighted by atomic mass is 16.2. The quantitative estimate of drug-likeness (QED) is 0.856. The summed E-state index contributed by atoms with van der Waals surface area (Å²) in [5.74, 6) is 0.0533. The van der Waals surface area contributed by atoms with Crippen molar-refractivity contribution >= 4 is 17.3 Å². The highest BCUT2D eigenvalue weighted by Crippen LogP contribution is 2.22. The lowest BCUT2D eigenvalue weighted by Gasteiger charge is -2.23. The van der Waals surface area contributed by atoms with E-state index in [1.54, 1.807) is 0 Å². The smallest absolute Gasteiger partial charge is 0.244 e. The number of nitrogens with zero attached hydrogens (tertiary/aromatic N) is 1. The largest absolute Gasteiger partial charge is 0.378 e. The van der Waals surface area contributed by atoms with E-state index in [0.29, 0.717) is 0 Å². The number of amides is 1. The molecule has 0 aromatic heterocycles. The molecule has 1 saturated heterocycles. The Morgan fingerprint density at radius 1 is 1.33 bits per heavy atom. The Morgan fingerprint density at radius 2 is 2.00 bits per heavy atom. The SMILES string of the molecule is CN(C)c1ccc(NC(=O)C2(C)CCCN2)cc1. The van der Waals surface area contributed by atoms with Crippen LogP contribution in [0.25, 0.3) is 0 Å². The van der Waals surface area contributed by atoms with E-state index < -0.39 is 5.54 Å². The number of anilines is 2. The molecule has 1 aromatic rings. The lowest BCUT2D eigenvalue weighted by atomic mass is 9.99. The zero-order chi connectivity index (χ0) is 13.2. The van der Waals surface area contributed by atoms with Crippen LogP contribution in [-0.2, 0) is 4.79 Å². The van der Waals surface area contributed by atoms with Gasteiger partial charge in [-0.15, -0.1) is 0 Å². The standard InChI is InChI=1S/C14H21N3O/c1-14(9-4-10-15-14)13(18)16-11-5-7-12(8-6-11)17(2)3/h5-8,15H,4,9-10H2,1-3H3,(H,16,18). The fourth-order valence-corrected chi connectivity index (χ4v) is 2.20. The summed E-state index contributed by atoms with van der Waals surface area (Å²) in [6.45, 7) is 2.88. The summed E-state index contributed by atoms with van der Waals surface area (Å²) < 4.78 is 0. The van der Waals surface area contributed by atoms with Crippen LogP contribution in [0.3, 0.4) is 0 Å². The van der Waals surface area contributed by atoms with Gasteiger partial charge in [0.15, 0.2) is 0 Å². The van der Waals surface area contributed by atoms with Crippen molar-refractivity contribution in [2.24, 2.45) is 0 Å². The van der Waals surface area contributed by atoms with Crippen LogP contribution in [0.2, 0.25) is 0 Å². The van der Waals surface area contributed by atoms with Crippen LogP contribution in [0.15, 0.2) is 24.3 Å². The predicted molar refractivity (Wildman–Crippen MR) is 75.0 cm³/mol. The van der Waals surface area contributed by atoms with Crippen molar-refractivity contribution in [2.45, 2.75) is 25.3 Å². The molecule has 1 fully saturated rings.